The summed E-state index contributed by atoms with van der Waals surface area (Å²) in [6.45, 7) is 1.83. The Hall–Kier alpha value is -3.75. The van der Waals surface area contributed by atoms with Gasteiger partial charge in [-0.3, -0.25) is 9.59 Å². The van der Waals surface area contributed by atoms with Crippen molar-refractivity contribution < 1.29 is 23.9 Å². The molecular formula is C23H28N4O5. The van der Waals surface area contributed by atoms with Gasteiger partial charge < -0.3 is 29.5 Å². The number of carbonyl (C=O) groups is 3. The van der Waals surface area contributed by atoms with Gasteiger partial charge in [0, 0.05) is 57.6 Å². The lowest BCUT2D eigenvalue weighted by Gasteiger charge is -2.36. The number of nitrogens with zero attached hydrogens (tertiary/aromatic N) is 3. The van der Waals surface area contributed by atoms with Crippen LogP contribution in [0, 0.1) is 0 Å². The van der Waals surface area contributed by atoms with Crippen molar-refractivity contribution in [2.45, 2.75) is 0 Å². The summed E-state index contributed by atoms with van der Waals surface area (Å²) in [5.74, 6) is 0.742. The lowest BCUT2D eigenvalue weighted by atomic mass is 10.1. The van der Waals surface area contributed by atoms with Gasteiger partial charge in [-0.1, -0.05) is 6.07 Å². The van der Waals surface area contributed by atoms with E-state index >= 15 is 0 Å². The van der Waals surface area contributed by atoms with Gasteiger partial charge in [0.2, 0.25) is 0 Å². The van der Waals surface area contributed by atoms with Crippen molar-refractivity contribution in [3.8, 4) is 11.5 Å². The Kier molecular flexibility index (Phi) is 7.54. The molecule has 0 aliphatic carbocycles. The third-order valence-electron chi connectivity index (χ3n) is 5.04. The number of hydrogen-bond acceptors (Lipinski definition) is 5. The fourth-order valence-corrected chi connectivity index (χ4v) is 3.31. The van der Waals surface area contributed by atoms with E-state index in [9.17, 15) is 14.4 Å². The monoisotopic (exact) mass is 440 g/mol. The maximum Gasteiger partial charge on any atom is 0.319 e. The maximum absolute atomic E-state index is 12.7. The summed E-state index contributed by atoms with van der Waals surface area (Å²) in [6.07, 6.45) is 0. The Morgan fingerprint density at radius 3 is 2.22 bits per heavy atom. The molecule has 9 nitrogen and oxygen atoms in total. The number of piperazine rings is 1. The molecule has 1 aliphatic heterocycles. The summed E-state index contributed by atoms with van der Waals surface area (Å²) in [4.78, 5) is 41.9. The van der Waals surface area contributed by atoms with E-state index in [-0.39, 0.29) is 24.5 Å². The number of nitrogens with one attached hydrogen (secondary N) is 1. The highest BCUT2D eigenvalue weighted by atomic mass is 16.5. The fraction of sp³-hybridized carbons (Fsp3) is 0.348. The SMILES string of the molecule is COc1cccc(NC(=O)COc2ccc(C(=O)N3CCN(C(=O)N(C)C)CC3)cc2)c1. The summed E-state index contributed by atoms with van der Waals surface area (Å²) in [7, 11) is 4.99. The number of rotatable bonds is 6. The van der Waals surface area contributed by atoms with E-state index in [1.54, 1.807) is 79.5 Å². The Morgan fingerprint density at radius 2 is 1.59 bits per heavy atom. The second-order valence-corrected chi connectivity index (χ2v) is 7.55. The smallest absolute Gasteiger partial charge is 0.319 e. The topological polar surface area (TPSA) is 91.4 Å². The number of urea groups is 1. The number of methoxy groups -OCH3 is 1. The van der Waals surface area contributed by atoms with Gasteiger partial charge in [0.25, 0.3) is 11.8 Å². The van der Waals surface area contributed by atoms with Crippen LogP contribution >= 0.6 is 0 Å². The second-order valence-electron chi connectivity index (χ2n) is 7.55. The quantitative estimate of drug-likeness (QED) is 0.743. The average molecular weight is 441 g/mol. The van der Waals surface area contributed by atoms with Crippen molar-refractivity contribution in [1.82, 2.24) is 14.7 Å². The minimum Gasteiger partial charge on any atom is -0.497 e. The molecule has 0 atom stereocenters. The summed E-state index contributed by atoms with van der Waals surface area (Å²) < 4.78 is 10.7. The first-order valence-electron chi connectivity index (χ1n) is 10.3. The summed E-state index contributed by atoms with van der Waals surface area (Å²) in [5.41, 5.74) is 1.15. The average Bonchev–Trinajstić information content (AvgIpc) is 2.82. The van der Waals surface area contributed by atoms with Gasteiger partial charge in [0.1, 0.15) is 11.5 Å². The molecule has 1 saturated heterocycles. The molecule has 32 heavy (non-hydrogen) atoms. The van der Waals surface area contributed by atoms with Gasteiger partial charge in [0.15, 0.2) is 6.61 Å². The van der Waals surface area contributed by atoms with Gasteiger partial charge >= 0.3 is 6.03 Å². The third-order valence-corrected chi connectivity index (χ3v) is 5.04. The van der Waals surface area contributed by atoms with E-state index in [0.29, 0.717) is 48.9 Å². The molecule has 170 valence electrons. The van der Waals surface area contributed by atoms with E-state index in [2.05, 4.69) is 5.32 Å². The predicted octanol–water partition coefficient (Wildman–Crippen LogP) is 2.15. The second kappa shape index (κ2) is 10.5. The predicted molar refractivity (Wildman–Crippen MR) is 120 cm³/mol. The summed E-state index contributed by atoms with van der Waals surface area (Å²) >= 11 is 0. The van der Waals surface area contributed by atoms with E-state index in [4.69, 9.17) is 9.47 Å². The molecule has 3 rings (SSSR count). The van der Waals surface area contributed by atoms with Crippen LogP contribution < -0.4 is 14.8 Å². The van der Waals surface area contributed by atoms with Crippen LogP contribution in [0.25, 0.3) is 0 Å². The molecular weight excluding hydrogens is 412 g/mol. The van der Waals surface area contributed by atoms with Crippen molar-refractivity contribution in [2.75, 3.05) is 59.3 Å². The molecule has 1 N–H and O–H groups in total. The number of hydrogen-bond donors (Lipinski definition) is 1. The van der Waals surface area contributed by atoms with Crippen LogP contribution in [0.15, 0.2) is 48.5 Å². The zero-order valence-electron chi connectivity index (χ0n) is 18.5. The maximum atomic E-state index is 12.7. The minimum atomic E-state index is -0.302. The Bertz CT molecular complexity index is 953. The molecule has 0 radical (unpaired) electrons. The molecule has 0 unspecified atom stereocenters. The van der Waals surface area contributed by atoms with Gasteiger partial charge in [-0.15, -0.1) is 0 Å². The van der Waals surface area contributed by atoms with Crippen molar-refractivity contribution in [2.24, 2.45) is 0 Å². The molecule has 4 amide bonds. The molecule has 1 heterocycles. The van der Waals surface area contributed by atoms with Gasteiger partial charge in [-0.25, -0.2) is 4.79 Å². The highest BCUT2D eigenvalue weighted by Gasteiger charge is 2.25. The molecule has 2 aromatic carbocycles. The standard InChI is InChI=1S/C23H28N4O5/c1-25(2)23(30)27-13-11-26(12-14-27)22(29)17-7-9-19(10-8-17)32-16-21(28)24-18-5-4-6-20(15-18)31-3/h4-10,15H,11-14,16H2,1-3H3,(H,24,28). The molecule has 1 fully saturated rings. The van der Waals surface area contributed by atoms with Gasteiger partial charge in [-0.05, 0) is 36.4 Å². The van der Waals surface area contributed by atoms with Crippen LogP contribution in [-0.2, 0) is 4.79 Å². The van der Waals surface area contributed by atoms with Crippen molar-refractivity contribution in [3.05, 3.63) is 54.1 Å². The minimum absolute atomic E-state index is 0.0472. The van der Waals surface area contributed by atoms with Crippen molar-refractivity contribution in [1.29, 1.82) is 0 Å². The third kappa shape index (κ3) is 5.90. The van der Waals surface area contributed by atoms with E-state index < -0.39 is 0 Å². The van der Waals surface area contributed by atoms with Gasteiger partial charge in [0.05, 0.1) is 7.11 Å². The Labute approximate surface area is 187 Å². The van der Waals surface area contributed by atoms with Gasteiger partial charge in [-0.2, -0.15) is 0 Å². The van der Waals surface area contributed by atoms with E-state index in [0.717, 1.165) is 0 Å². The van der Waals surface area contributed by atoms with Crippen LogP contribution in [-0.4, -0.2) is 86.5 Å². The van der Waals surface area contributed by atoms with Crippen molar-refractivity contribution in [3.63, 3.8) is 0 Å². The van der Waals surface area contributed by atoms with Crippen LogP contribution in [0.2, 0.25) is 0 Å². The highest BCUT2D eigenvalue weighted by molar-refractivity contribution is 5.94. The number of benzene rings is 2. The molecule has 0 saturated carbocycles. The molecule has 0 bridgehead atoms. The fourth-order valence-electron chi connectivity index (χ4n) is 3.31. The molecule has 0 aromatic heterocycles. The first-order valence-corrected chi connectivity index (χ1v) is 10.3. The number of ether oxygens (including phenoxy) is 2. The lowest BCUT2D eigenvalue weighted by molar-refractivity contribution is -0.118. The summed E-state index contributed by atoms with van der Waals surface area (Å²) in [6, 6.07) is 13.7. The number of anilines is 1. The zero-order valence-corrected chi connectivity index (χ0v) is 18.5. The molecule has 0 spiro atoms. The van der Waals surface area contributed by atoms with E-state index in [1.807, 2.05) is 0 Å². The summed E-state index contributed by atoms with van der Waals surface area (Å²) in [5, 5.41) is 2.74. The number of carbonyl (C=O) groups excluding carboxylic acids is 3. The van der Waals surface area contributed by atoms with Crippen LogP contribution in [0.4, 0.5) is 10.5 Å². The van der Waals surface area contributed by atoms with Crippen molar-refractivity contribution >= 4 is 23.5 Å². The highest BCUT2D eigenvalue weighted by Crippen LogP contribution is 2.18. The normalized spacial score (nSPS) is 13.3. The Balaban J connectivity index is 1.48. The molecule has 2 aromatic rings. The first-order chi connectivity index (χ1) is 15.4. The molecule has 9 heteroatoms. The van der Waals surface area contributed by atoms with Crippen LogP contribution in [0.1, 0.15) is 10.4 Å². The lowest BCUT2D eigenvalue weighted by Crippen LogP contribution is -2.52. The largest absolute Gasteiger partial charge is 0.497 e. The van der Waals surface area contributed by atoms with Crippen LogP contribution in [0.3, 0.4) is 0 Å². The zero-order chi connectivity index (χ0) is 23.1. The first kappa shape index (κ1) is 22.9. The van der Waals surface area contributed by atoms with Crippen LogP contribution in [0.5, 0.6) is 11.5 Å². The molecule has 1 aliphatic rings. The van der Waals surface area contributed by atoms with E-state index in [1.165, 1.54) is 4.90 Å². The Morgan fingerprint density at radius 1 is 0.938 bits per heavy atom. The number of amides is 4.